The van der Waals surface area contributed by atoms with Gasteiger partial charge in [0.15, 0.2) is 0 Å². The summed E-state index contributed by atoms with van der Waals surface area (Å²) >= 11 is 6.65. The number of hydrogen-bond acceptors (Lipinski definition) is 5. The smallest absolute Gasteiger partial charge is 0.242 e. The van der Waals surface area contributed by atoms with E-state index in [4.69, 9.17) is 0 Å². The molecule has 0 saturated heterocycles. The van der Waals surface area contributed by atoms with Crippen LogP contribution in [0, 0.1) is 0 Å². The van der Waals surface area contributed by atoms with Gasteiger partial charge in [-0.15, -0.1) is 11.3 Å². The van der Waals surface area contributed by atoms with Crippen LogP contribution in [-0.2, 0) is 16.6 Å². The second-order valence-corrected chi connectivity index (χ2v) is 11.2. The lowest BCUT2D eigenvalue weighted by molar-refractivity contribution is 0.579. The van der Waals surface area contributed by atoms with Crippen LogP contribution in [0.2, 0.25) is 0 Å². The SMILES string of the molecule is CSC1(CNS(=O)(=O)c2cc(CNC3CC3)sc2Br)CC1. The van der Waals surface area contributed by atoms with Gasteiger partial charge in [0.05, 0.1) is 3.79 Å². The highest BCUT2D eigenvalue weighted by atomic mass is 79.9. The van der Waals surface area contributed by atoms with E-state index in [1.165, 1.54) is 24.2 Å². The summed E-state index contributed by atoms with van der Waals surface area (Å²) in [6.07, 6.45) is 6.70. The highest BCUT2D eigenvalue weighted by Crippen LogP contribution is 2.46. The first-order chi connectivity index (χ1) is 9.94. The minimum Gasteiger partial charge on any atom is -0.309 e. The lowest BCUT2D eigenvalue weighted by Gasteiger charge is -2.13. The maximum atomic E-state index is 12.4. The van der Waals surface area contributed by atoms with Crippen LogP contribution >= 0.6 is 39.0 Å². The first kappa shape index (κ1) is 16.3. The molecule has 21 heavy (non-hydrogen) atoms. The zero-order chi connectivity index (χ0) is 15.1. The van der Waals surface area contributed by atoms with Crippen molar-refractivity contribution in [1.29, 1.82) is 0 Å². The second kappa shape index (κ2) is 6.13. The van der Waals surface area contributed by atoms with Crippen LogP contribution in [0.5, 0.6) is 0 Å². The Bertz CT molecular complexity index is 621. The Morgan fingerprint density at radius 2 is 2.19 bits per heavy atom. The number of halogens is 1. The predicted octanol–water partition coefficient (Wildman–Crippen LogP) is 2.94. The summed E-state index contributed by atoms with van der Waals surface area (Å²) in [5, 5.41) is 3.41. The number of nitrogens with one attached hydrogen (secondary N) is 2. The van der Waals surface area contributed by atoms with Crippen molar-refractivity contribution in [2.24, 2.45) is 0 Å². The maximum Gasteiger partial charge on any atom is 0.242 e. The maximum absolute atomic E-state index is 12.4. The van der Waals surface area contributed by atoms with Crippen LogP contribution in [0.25, 0.3) is 0 Å². The van der Waals surface area contributed by atoms with Crippen LogP contribution in [0.4, 0.5) is 0 Å². The van der Waals surface area contributed by atoms with E-state index in [-0.39, 0.29) is 4.75 Å². The second-order valence-electron chi connectivity index (χ2n) is 5.72. The molecule has 2 fully saturated rings. The molecule has 1 aromatic rings. The molecule has 2 saturated carbocycles. The molecule has 3 rings (SSSR count). The van der Waals surface area contributed by atoms with Gasteiger partial charge in [0.25, 0.3) is 0 Å². The summed E-state index contributed by atoms with van der Waals surface area (Å²) in [5.41, 5.74) is 0. The average Bonchev–Trinajstić information content (AvgIpc) is 3.35. The molecule has 0 spiro atoms. The largest absolute Gasteiger partial charge is 0.309 e. The van der Waals surface area contributed by atoms with E-state index in [0.717, 1.165) is 24.3 Å². The van der Waals surface area contributed by atoms with Crippen LogP contribution < -0.4 is 10.0 Å². The van der Waals surface area contributed by atoms with Gasteiger partial charge in [0.2, 0.25) is 10.0 Å². The van der Waals surface area contributed by atoms with Gasteiger partial charge in [-0.25, -0.2) is 13.1 Å². The Hall–Kier alpha value is 0.400. The highest BCUT2D eigenvalue weighted by molar-refractivity contribution is 9.11. The van der Waals surface area contributed by atoms with Crippen molar-refractivity contribution >= 4 is 49.1 Å². The fourth-order valence-corrected chi connectivity index (χ4v) is 6.67. The Morgan fingerprint density at radius 3 is 2.76 bits per heavy atom. The Labute approximate surface area is 142 Å². The van der Waals surface area contributed by atoms with E-state index in [0.29, 0.717) is 21.3 Å². The molecular weight excluding hydrogens is 392 g/mol. The standard InChI is InChI=1S/C13H19BrN2O2S3/c1-19-13(4-5-13)8-16-21(17,18)11-6-10(20-12(11)14)7-15-9-2-3-9/h6,9,15-16H,2-5,7-8H2,1H3. The van der Waals surface area contributed by atoms with Crippen LogP contribution in [-0.4, -0.2) is 32.0 Å². The van der Waals surface area contributed by atoms with E-state index in [9.17, 15) is 8.42 Å². The average molecular weight is 411 g/mol. The number of thiophene rings is 1. The van der Waals surface area contributed by atoms with Gasteiger partial charge < -0.3 is 5.32 Å². The number of hydrogen-bond donors (Lipinski definition) is 2. The lowest BCUT2D eigenvalue weighted by Crippen LogP contribution is -2.31. The van der Waals surface area contributed by atoms with E-state index in [1.54, 1.807) is 17.8 Å². The number of sulfonamides is 1. The van der Waals surface area contributed by atoms with Gasteiger partial charge >= 0.3 is 0 Å². The van der Waals surface area contributed by atoms with Crippen molar-refractivity contribution in [2.45, 2.75) is 47.9 Å². The summed E-state index contributed by atoms with van der Waals surface area (Å²) in [6, 6.07) is 2.41. The molecule has 0 aliphatic heterocycles. The van der Waals surface area contributed by atoms with Crippen molar-refractivity contribution in [1.82, 2.24) is 10.0 Å². The Morgan fingerprint density at radius 1 is 1.48 bits per heavy atom. The molecule has 0 unspecified atom stereocenters. The van der Waals surface area contributed by atoms with Gasteiger partial charge in [-0.05, 0) is 53.9 Å². The predicted molar refractivity (Wildman–Crippen MR) is 92.5 cm³/mol. The van der Waals surface area contributed by atoms with Crippen molar-refractivity contribution in [2.75, 3.05) is 12.8 Å². The van der Waals surface area contributed by atoms with E-state index >= 15 is 0 Å². The monoisotopic (exact) mass is 410 g/mol. The number of rotatable bonds is 8. The molecule has 118 valence electrons. The molecule has 0 aromatic carbocycles. The molecule has 0 bridgehead atoms. The van der Waals surface area contributed by atoms with E-state index in [1.807, 2.05) is 6.26 Å². The summed E-state index contributed by atoms with van der Waals surface area (Å²) < 4.78 is 28.5. The topological polar surface area (TPSA) is 58.2 Å². The molecule has 0 radical (unpaired) electrons. The fourth-order valence-electron chi connectivity index (χ4n) is 2.10. The molecule has 2 N–H and O–H groups in total. The zero-order valence-electron chi connectivity index (χ0n) is 11.8. The lowest BCUT2D eigenvalue weighted by atomic mass is 10.4. The quantitative estimate of drug-likeness (QED) is 0.691. The summed E-state index contributed by atoms with van der Waals surface area (Å²) in [7, 11) is -3.42. The third kappa shape index (κ3) is 4.03. The van der Waals surface area contributed by atoms with Gasteiger partial charge in [-0.3, -0.25) is 0 Å². The summed E-state index contributed by atoms with van der Waals surface area (Å²) in [6.45, 7) is 1.27. The first-order valence-electron chi connectivity index (χ1n) is 7.01. The third-order valence-electron chi connectivity index (χ3n) is 3.96. The van der Waals surface area contributed by atoms with Crippen molar-refractivity contribution in [3.8, 4) is 0 Å². The molecule has 8 heteroatoms. The molecule has 1 heterocycles. The fraction of sp³-hybridized carbons (Fsp3) is 0.692. The highest BCUT2D eigenvalue weighted by Gasteiger charge is 2.42. The molecular formula is C13H19BrN2O2S3. The van der Waals surface area contributed by atoms with Crippen LogP contribution in [0.1, 0.15) is 30.6 Å². The molecule has 1 aromatic heterocycles. The molecule has 0 atom stereocenters. The van der Waals surface area contributed by atoms with Gasteiger partial charge in [-0.2, -0.15) is 11.8 Å². The van der Waals surface area contributed by atoms with Crippen molar-refractivity contribution in [3.05, 3.63) is 14.7 Å². The Balaban J connectivity index is 1.65. The Kier molecular flexibility index (Phi) is 4.75. The van der Waals surface area contributed by atoms with Crippen molar-refractivity contribution in [3.63, 3.8) is 0 Å². The van der Waals surface area contributed by atoms with Gasteiger partial charge in [-0.1, -0.05) is 0 Å². The zero-order valence-corrected chi connectivity index (χ0v) is 15.9. The molecule has 2 aliphatic rings. The first-order valence-corrected chi connectivity index (χ1v) is 11.3. The molecule has 4 nitrogen and oxygen atoms in total. The van der Waals surface area contributed by atoms with E-state index < -0.39 is 10.0 Å². The minimum absolute atomic E-state index is 0.131. The van der Waals surface area contributed by atoms with Crippen LogP contribution in [0.3, 0.4) is 0 Å². The van der Waals surface area contributed by atoms with Gasteiger partial charge in [0.1, 0.15) is 4.90 Å². The molecule has 2 aliphatic carbocycles. The minimum atomic E-state index is -3.42. The van der Waals surface area contributed by atoms with Gasteiger partial charge in [0, 0.05) is 28.8 Å². The van der Waals surface area contributed by atoms with Crippen molar-refractivity contribution < 1.29 is 8.42 Å². The van der Waals surface area contributed by atoms with E-state index in [2.05, 4.69) is 26.0 Å². The summed E-state index contributed by atoms with van der Waals surface area (Å²) in [4.78, 5) is 1.43. The summed E-state index contributed by atoms with van der Waals surface area (Å²) in [5.74, 6) is 0. The number of thioether (sulfide) groups is 1. The normalized spacial score (nSPS) is 20.7. The third-order valence-corrected chi connectivity index (χ3v) is 9.04. The van der Waals surface area contributed by atoms with Crippen LogP contribution in [0.15, 0.2) is 14.7 Å². The molecule has 0 amide bonds.